The van der Waals surface area contributed by atoms with Gasteiger partial charge >= 0.3 is 6.18 Å². The molecule has 0 bridgehead atoms. The molecule has 1 unspecified atom stereocenters. The van der Waals surface area contributed by atoms with E-state index >= 15 is 0 Å². The maximum absolute atomic E-state index is 13.5. The normalized spacial score (nSPS) is 14.7. The fraction of sp³-hybridized carbons (Fsp3) is 0.276. The summed E-state index contributed by atoms with van der Waals surface area (Å²) in [6.07, 6.45) is -4.11. The van der Waals surface area contributed by atoms with Crippen molar-refractivity contribution in [3.8, 4) is 28.4 Å². The second-order valence-corrected chi connectivity index (χ2v) is 8.71. The number of pyridine rings is 1. The summed E-state index contributed by atoms with van der Waals surface area (Å²) in [5.41, 5.74) is 2.41. The molecule has 38 heavy (non-hydrogen) atoms. The quantitative estimate of drug-likeness (QED) is 0.253. The summed E-state index contributed by atoms with van der Waals surface area (Å²) in [6.45, 7) is 4.93. The van der Waals surface area contributed by atoms with E-state index in [0.29, 0.717) is 41.2 Å². The van der Waals surface area contributed by atoms with E-state index in [4.69, 9.17) is 18.9 Å². The van der Waals surface area contributed by atoms with Crippen molar-refractivity contribution in [2.75, 3.05) is 19.8 Å². The number of hydrogen-bond donors (Lipinski definition) is 1. The van der Waals surface area contributed by atoms with Gasteiger partial charge in [0, 0.05) is 47.6 Å². The summed E-state index contributed by atoms with van der Waals surface area (Å²) < 4.78 is 63.5. The summed E-state index contributed by atoms with van der Waals surface area (Å²) in [5, 5.41) is 10.7. The van der Waals surface area contributed by atoms with Gasteiger partial charge in [-0.05, 0) is 61.9 Å². The minimum atomic E-state index is -4.51. The first-order chi connectivity index (χ1) is 18.3. The third kappa shape index (κ3) is 5.12. The first-order valence-electron chi connectivity index (χ1n) is 12.2. The topological polar surface area (TPSA) is 70.0 Å². The van der Waals surface area contributed by atoms with Crippen LogP contribution in [0.15, 0.2) is 66.9 Å². The van der Waals surface area contributed by atoms with Crippen LogP contribution >= 0.6 is 0 Å². The molecule has 1 aliphatic heterocycles. The highest BCUT2D eigenvalue weighted by atomic mass is 19.4. The number of aromatic hydroxyl groups is 1. The highest BCUT2D eigenvalue weighted by molar-refractivity contribution is 5.92. The van der Waals surface area contributed by atoms with E-state index in [0.717, 1.165) is 23.1 Å². The number of phenolic OH excluding ortho intramolecular Hbond substituents is 1. The average molecular weight is 526 g/mol. The van der Waals surface area contributed by atoms with Crippen molar-refractivity contribution in [1.82, 2.24) is 4.98 Å². The lowest BCUT2D eigenvalue weighted by Gasteiger charge is -2.30. The molecular formula is C29H26F3NO5. The average Bonchev–Trinajstić information content (AvgIpc) is 2.90. The highest BCUT2D eigenvalue weighted by Gasteiger charge is 2.35. The van der Waals surface area contributed by atoms with Gasteiger partial charge in [-0.2, -0.15) is 13.2 Å². The number of rotatable bonds is 8. The molecule has 3 aromatic carbocycles. The molecule has 1 N–H and O–H groups in total. The third-order valence-corrected chi connectivity index (χ3v) is 6.27. The van der Waals surface area contributed by atoms with Crippen molar-refractivity contribution in [2.24, 2.45) is 0 Å². The fourth-order valence-electron chi connectivity index (χ4n) is 4.56. The van der Waals surface area contributed by atoms with Crippen molar-refractivity contribution in [2.45, 2.75) is 32.4 Å². The Hall–Kier alpha value is -3.82. The van der Waals surface area contributed by atoms with Gasteiger partial charge in [0.15, 0.2) is 12.4 Å². The van der Waals surface area contributed by atoms with Gasteiger partial charge in [0.05, 0.1) is 11.1 Å². The summed E-state index contributed by atoms with van der Waals surface area (Å²) >= 11 is 0. The zero-order valence-electron chi connectivity index (χ0n) is 20.8. The van der Waals surface area contributed by atoms with E-state index in [1.54, 1.807) is 36.5 Å². The van der Waals surface area contributed by atoms with Gasteiger partial charge in [0.2, 0.25) is 0 Å². The largest absolute Gasteiger partial charge is 0.508 e. The molecule has 198 valence electrons. The number of fused-ring (bicyclic) bond motifs is 5. The van der Waals surface area contributed by atoms with E-state index in [-0.39, 0.29) is 18.1 Å². The fourth-order valence-corrected chi connectivity index (χ4v) is 4.56. The predicted molar refractivity (Wildman–Crippen MR) is 135 cm³/mol. The van der Waals surface area contributed by atoms with Crippen molar-refractivity contribution in [1.29, 1.82) is 0 Å². The van der Waals surface area contributed by atoms with Crippen LogP contribution in [0.1, 0.15) is 36.6 Å². The number of ether oxygens (including phenoxy) is 4. The summed E-state index contributed by atoms with van der Waals surface area (Å²) in [4.78, 5) is 4.46. The minimum Gasteiger partial charge on any atom is -0.508 e. The zero-order chi connectivity index (χ0) is 26.9. The molecule has 0 aliphatic carbocycles. The summed E-state index contributed by atoms with van der Waals surface area (Å²) in [6, 6.07) is 15.5. The van der Waals surface area contributed by atoms with Crippen LogP contribution < -0.4 is 9.47 Å². The van der Waals surface area contributed by atoms with Crippen LogP contribution in [0.25, 0.3) is 22.0 Å². The van der Waals surface area contributed by atoms with Crippen molar-refractivity contribution in [3.63, 3.8) is 0 Å². The smallest absolute Gasteiger partial charge is 0.416 e. The monoisotopic (exact) mass is 525 g/mol. The first-order valence-corrected chi connectivity index (χ1v) is 12.2. The van der Waals surface area contributed by atoms with Crippen LogP contribution in [0.2, 0.25) is 0 Å². The van der Waals surface area contributed by atoms with Crippen LogP contribution in [0.4, 0.5) is 13.2 Å². The minimum absolute atomic E-state index is 0.0624. The molecule has 4 aromatic rings. The van der Waals surface area contributed by atoms with Gasteiger partial charge in [0.25, 0.3) is 0 Å². The van der Waals surface area contributed by atoms with Gasteiger partial charge in [0.1, 0.15) is 23.9 Å². The Balaban J connectivity index is 1.54. The Labute approximate surface area is 217 Å². The maximum Gasteiger partial charge on any atom is 0.416 e. The standard InChI is InChI=1S/C29H26F3NO5/c1-3-35-26(36-4-2)16-37-20-9-5-17(6-10-20)28-27-22-12-8-19(34)14-24(22)33-15-23(27)21-11-7-18(29(30,31)32)13-25(21)38-28/h5-15,26,28,34H,3-4,16H2,1-2H3. The maximum atomic E-state index is 13.5. The Morgan fingerprint density at radius 1 is 0.947 bits per heavy atom. The van der Waals surface area contributed by atoms with Crippen molar-refractivity contribution in [3.05, 3.63) is 83.6 Å². The second-order valence-electron chi connectivity index (χ2n) is 8.71. The van der Waals surface area contributed by atoms with Crippen LogP contribution in [0, 0.1) is 0 Å². The molecule has 0 radical (unpaired) electrons. The lowest BCUT2D eigenvalue weighted by atomic mass is 9.87. The first kappa shape index (κ1) is 25.8. The number of aromatic nitrogens is 1. The van der Waals surface area contributed by atoms with Gasteiger partial charge in [-0.25, -0.2) is 0 Å². The molecule has 1 aromatic heterocycles. The molecule has 0 saturated carbocycles. The third-order valence-electron chi connectivity index (χ3n) is 6.27. The SMILES string of the molecule is CCOC(COc1ccc(C2Oc3cc(C(F)(F)F)ccc3-c3cnc4cc(O)ccc4c32)cc1)OCC. The molecule has 1 aliphatic rings. The molecule has 0 spiro atoms. The molecule has 5 rings (SSSR count). The molecule has 9 heteroatoms. The van der Waals surface area contributed by atoms with E-state index < -0.39 is 24.1 Å². The number of benzene rings is 3. The Morgan fingerprint density at radius 3 is 2.37 bits per heavy atom. The van der Waals surface area contributed by atoms with Gasteiger partial charge in [-0.1, -0.05) is 12.1 Å². The van der Waals surface area contributed by atoms with Crippen LogP contribution in [0.5, 0.6) is 17.2 Å². The number of halogens is 3. The van der Waals surface area contributed by atoms with Crippen LogP contribution in [0.3, 0.4) is 0 Å². The van der Waals surface area contributed by atoms with E-state index in [9.17, 15) is 18.3 Å². The number of nitrogens with zero attached hydrogens (tertiary/aromatic N) is 1. The number of phenols is 1. The number of alkyl halides is 3. The van der Waals surface area contributed by atoms with Gasteiger partial charge in [-0.3, -0.25) is 4.98 Å². The van der Waals surface area contributed by atoms with Gasteiger partial charge in [-0.15, -0.1) is 0 Å². The van der Waals surface area contributed by atoms with Crippen molar-refractivity contribution < 1.29 is 37.2 Å². The molecule has 1 atom stereocenters. The molecular weight excluding hydrogens is 499 g/mol. The van der Waals surface area contributed by atoms with E-state index in [2.05, 4.69) is 4.98 Å². The second kappa shape index (κ2) is 10.5. The lowest BCUT2D eigenvalue weighted by Crippen LogP contribution is -2.25. The van der Waals surface area contributed by atoms with E-state index in [1.807, 2.05) is 26.0 Å². The van der Waals surface area contributed by atoms with Crippen LogP contribution in [-0.2, 0) is 15.7 Å². The Bertz CT molecular complexity index is 1430. The van der Waals surface area contributed by atoms with Crippen LogP contribution in [-0.4, -0.2) is 36.2 Å². The molecule has 0 saturated heterocycles. The van der Waals surface area contributed by atoms with E-state index in [1.165, 1.54) is 6.07 Å². The number of hydrogen-bond acceptors (Lipinski definition) is 6. The summed E-state index contributed by atoms with van der Waals surface area (Å²) in [7, 11) is 0. The molecule has 2 heterocycles. The molecule has 0 fully saturated rings. The highest BCUT2D eigenvalue weighted by Crippen LogP contribution is 2.48. The summed E-state index contributed by atoms with van der Waals surface area (Å²) in [5.74, 6) is 0.764. The van der Waals surface area contributed by atoms with Gasteiger partial charge < -0.3 is 24.1 Å². The molecule has 0 amide bonds. The predicted octanol–water partition coefficient (Wildman–Crippen LogP) is 6.89. The molecule has 6 nitrogen and oxygen atoms in total. The lowest BCUT2D eigenvalue weighted by molar-refractivity contribution is -0.152. The zero-order valence-corrected chi connectivity index (χ0v) is 20.8. The Kier molecular flexibility index (Phi) is 7.14. The van der Waals surface area contributed by atoms with Crippen molar-refractivity contribution >= 4 is 10.9 Å². The Morgan fingerprint density at radius 2 is 1.68 bits per heavy atom.